The monoisotopic (exact) mass is 381 g/mol. The van der Waals surface area contributed by atoms with Crippen LogP contribution in [-0.4, -0.2) is 41.0 Å². The number of imide groups is 1. The summed E-state index contributed by atoms with van der Waals surface area (Å²) in [7, 11) is 1.36. The Morgan fingerprint density at radius 1 is 1.18 bits per heavy atom. The summed E-state index contributed by atoms with van der Waals surface area (Å²) in [4.78, 5) is 37.1. The molecule has 1 aromatic carbocycles. The maximum atomic E-state index is 12.3. The molecule has 0 bridgehead atoms. The van der Waals surface area contributed by atoms with E-state index in [1.54, 1.807) is 25.1 Å². The quantitative estimate of drug-likeness (QED) is 0.501. The molecule has 28 heavy (non-hydrogen) atoms. The van der Waals surface area contributed by atoms with Gasteiger partial charge in [-0.3, -0.25) is 9.69 Å². The van der Waals surface area contributed by atoms with E-state index in [0.29, 0.717) is 12.1 Å². The van der Waals surface area contributed by atoms with Crippen LogP contribution in [0.2, 0.25) is 0 Å². The first-order valence-corrected chi connectivity index (χ1v) is 9.01. The minimum atomic E-state index is -0.401. The van der Waals surface area contributed by atoms with E-state index in [1.807, 2.05) is 32.9 Å². The number of aromatic nitrogens is 1. The van der Waals surface area contributed by atoms with Crippen LogP contribution < -0.4 is 5.32 Å². The Kier molecular flexibility index (Phi) is 5.09. The molecular weight excluding hydrogens is 358 g/mol. The average Bonchev–Trinajstić information content (AvgIpc) is 3.09. The number of ether oxygens (including phenoxy) is 1. The fraction of sp³-hybridized carbons (Fsp3) is 0.286. The highest BCUT2D eigenvalue weighted by Gasteiger charge is 2.32. The fourth-order valence-corrected chi connectivity index (χ4v) is 3.47. The number of aryl methyl sites for hydroxylation is 2. The molecular formula is C21H23N3O4. The zero-order chi connectivity index (χ0) is 20.6. The predicted molar refractivity (Wildman–Crippen MR) is 105 cm³/mol. The van der Waals surface area contributed by atoms with Gasteiger partial charge in [-0.05, 0) is 69.2 Å². The zero-order valence-corrected chi connectivity index (χ0v) is 16.6. The van der Waals surface area contributed by atoms with E-state index < -0.39 is 6.03 Å². The number of urea groups is 1. The van der Waals surface area contributed by atoms with Gasteiger partial charge in [0.05, 0.1) is 12.7 Å². The molecule has 0 atom stereocenters. The second-order valence-corrected chi connectivity index (χ2v) is 6.69. The van der Waals surface area contributed by atoms with Crippen molar-refractivity contribution in [2.45, 2.75) is 27.7 Å². The molecule has 146 valence electrons. The highest BCUT2D eigenvalue weighted by Crippen LogP contribution is 2.26. The minimum absolute atomic E-state index is 0.268. The van der Waals surface area contributed by atoms with Crippen molar-refractivity contribution in [1.82, 2.24) is 14.8 Å². The van der Waals surface area contributed by atoms with Gasteiger partial charge in [-0.25, -0.2) is 9.59 Å². The maximum absolute atomic E-state index is 12.3. The Hall–Kier alpha value is -3.35. The molecule has 0 spiro atoms. The lowest BCUT2D eigenvalue weighted by atomic mass is 10.1. The molecule has 0 saturated carbocycles. The molecule has 0 radical (unpaired) electrons. The third kappa shape index (κ3) is 3.19. The number of benzene rings is 1. The molecule has 7 nitrogen and oxygen atoms in total. The number of rotatable bonds is 4. The van der Waals surface area contributed by atoms with Gasteiger partial charge in [0.1, 0.15) is 5.70 Å². The van der Waals surface area contributed by atoms with Gasteiger partial charge in [0.15, 0.2) is 0 Å². The van der Waals surface area contributed by atoms with Crippen LogP contribution in [0.4, 0.5) is 4.79 Å². The molecule has 3 rings (SSSR count). The normalized spacial score (nSPS) is 15.3. The van der Waals surface area contributed by atoms with Gasteiger partial charge in [-0.2, -0.15) is 0 Å². The van der Waals surface area contributed by atoms with Crippen LogP contribution in [0.3, 0.4) is 0 Å². The molecule has 1 aliphatic rings. The van der Waals surface area contributed by atoms with Crippen LogP contribution >= 0.6 is 0 Å². The summed E-state index contributed by atoms with van der Waals surface area (Å²) in [6.45, 7) is 7.93. The Morgan fingerprint density at radius 2 is 1.89 bits per heavy atom. The van der Waals surface area contributed by atoms with E-state index in [2.05, 4.69) is 9.88 Å². The number of hydrogen-bond donors (Lipinski definition) is 1. The van der Waals surface area contributed by atoms with Crippen LogP contribution in [0.25, 0.3) is 11.8 Å². The summed E-state index contributed by atoms with van der Waals surface area (Å²) in [5.74, 6) is -0.701. The van der Waals surface area contributed by atoms with E-state index in [0.717, 1.165) is 28.2 Å². The highest BCUT2D eigenvalue weighted by molar-refractivity contribution is 6.14. The molecule has 1 aromatic heterocycles. The van der Waals surface area contributed by atoms with Gasteiger partial charge in [0.2, 0.25) is 0 Å². The molecule has 0 aliphatic carbocycles. The van der Waals surface area contributed by atoms with Gasteiger partial charge in [0.25, 0.3) is 5.91 Å². The van der Waals surface area contributed by atoms with Crippen LogP contribution in [0.5, 0.6) is 0 Å². The highest BCUT2D eigenvalue weighted by atomic mass is 16.5. The summed E-state index contributed by atoms with van der Waals surface area (Å²) in [5.41, 5.74) is 5.36. The third-order valence-electron chi connectivity index (χ3n) is 4.91. The fourth-order valence-electron chi connectivity index (χ4n) is 3.47. The van der Waals surface area contributed by atoms with Gasteiger partial charge in [-0.1, -0.05) is 0 Å². The van der Waals surface area contributed by atoms with Crippen LogP contribution in [-0.2, 0) is 9.53 Å². The summed E-state index contributed by atoms with van der Waals surface area (Å²) in [5, 5.41) is 2.62. The largest absolute Gasteiger partial charge is 0.465 e. The predicted octanol–water partition coefficient (Wildman–Crippen LogP) is 3.10. The molecule has 2 heterocycles. The number of methoxy groups -OCH3 is 1. The van der Waals surface area contributed by atoms with Crippen molar-refractivity contribution in [3.63, 3.8) is 0 Å². The van der Waals surface area contributed by atoms with Gasteiger partial charge >= 0.3 is 12.0 Å². The van der Waals surface area contributed by atoms with E-state index in [1.165, 1.54) is 12.0 Å². The van der Waals surface area contributed by atoms with E-state index >= 15 is 0 Å². The zero-order valence-electron chi connectivity index (χ0n) is 16.6. The lowest BCUT2D eigenvalue weighted by Gasteiger charge is -2.14. The summed E-state index contributed by atoms with van der Waals surface area (Å²) in [6, 6.07) is 6.95. The SMILES string of the molecule is CCN1C(=O)N/C(=C/c2cc(C)n(-c3ccc(C(=O)OC)cc3C)c2C)C1=O. The number of amides is 3. The maximum Gasteiger partial charge on any atom is 0.337 e. The molecule has 1 saturated heterocycles. The summed E-state index contributed by atoms with van der Waals surface area (Å²) in [6.07, 6.45) is 1.70. The van der Waals surface area contributed by atoms with Crippen molar-refractivity contribution < 1.29 is 19.1 Å². The molecule has 2 aromatic rings. The van der Waals surface area contributed by atoms with E-state index in [4.69, 9.17) is 4.74 Å². The summed E-state index contributed by atoms with van der Waals surface area (Å²) < 4.78 is 6.83. The average molecular weight is 381 g/mol. The number of nitrogens with one attached hydrogen (secondary N) is 1. The lowest BCUT2D eigenvalue weighted by molar-refractivity contribution is -0.122. The van der Waals surface area contributed by atoms with Crippen molar-refractivity contribution in [3.05, 3.63) is 58.0 Å². The van der Waals surface area contributed by atoms with E-state index in [-0.39, 0.29) is 17.6 Å². The first-order chi connectivity index (χ1) is 13.3. The topological polar surface area (TPSA) is 80.6 Å². The standard InChI is InChI=1S/C21H23N3O4/c1-6-23-19(25)17(22-21(23)27)11-16-10-13(3)24(14(16)4)18-8-7-15(9-12(18)2)20(26)28-5/h7-11H,6H2,1-5H3,(H,22,27)/b17-11+. The molecule has 7 heteroatoms. The Morgan fingerprint density at radius 3 is 2.46 bits per heavy atom. The van der Waals surface area contributed by atoms with Crippen molar-refractivity contribution in [2.24, 2.45) is 0 Å². The number of carbonyl (C=O) groups is 3. The molecule has 1 N–H and O–H groups in total. The molecule has 1 fully saturated rings. The summed E-state index contributed by atoms with van der Waals surface area (Å²) >= 11 is 0. The van der Waals surface area contributed by atoms with Crippen molar-refractivity contribution in [3.8, 4) is 5.69 Å². The van der Waals surface area contributed by atoms with Crippen molar-refractivity contribution in [1.29, 1.82) is 0 Å². The number of carbonyl (C=O) groups excluding carboxylic acids is 3. The molecule has 0 unspecified atom stereocenters. The number of hydrogen-bond acceptors (Lipinski definition) is 4. The van der Waals surface area contributed by atoms with Crippen LogP contribution in [0.15, 0.2) is 30.0 Å². The van der Waals surface area contributed by atoms with Crippen LogP contribution in [0, 0.1) is 20.8 Å². The first-order valence-electron chi connectivity index (χ1n) is 9.01. The van der Waals surface area contributed by atoms with Crippen LogP contribution in [0.1, 0.15) is 39.8 Å². The Bertz CT molecular complexity index is 1020. The smallest absolute Gasteiger partial charge is 0.337 e. The molecule has 1 aliphatic heterocycles. The second kappa shape index (κ2) is 7.34. The number of nitrogens with zero attached hydrogens (tertiary/aromatic N) is 2. The first kappa shape index (κ1) is 19.4. The van der Waals surface area contributed by atoms with Gasteiger partial charge in [-0.15, -0.1) is 0 Å². The number of esters is 1. The van der Waals surface area contributed by atoms with Gasteiger partial charge in [0, 0.05) is 23.6 Å². The second-order valence-electron chi connectivity index (χ2n) is 6.69. The lowest BCUT2D eigenvalue weighted by Crippen LogP contribution is -2.30. The molecule has 3 amide bonds. The van der Waals surface area contributed by atoms with Gasteiger partial charge < -0.3 is 14.6 Å². The van der Waals surface area contributed by atoms with Crippen molar-refractivity contribution in [2.75, 3.05) is 13.7 Å². The Balaban J connectivity index is 2.02. The van der Waals surface area contributed by atoms with E-state index in [9.17, 15) is 14.4 Å². The Labute approximate surface area is 163 Å². The third-order valence-corrected chi connectivity index (χ3v) is 4.91. The number of likely N-dealkylation sites (N-methyl/N-ethyl adjacent to an activating group) is 1. The van der Waals surface area contributed by atoms with Crippen molar-refractivity contribution >= 4 is 24.0 Å². The minimum Gasteiger partial charge on any atom is -0.465 e.